The lowest BCUT2D eigenvalue weighted by molar-refractivity contribution is 0.134. The minimum Gasteiger partial charge on any atom is -0.353 e. The van der Waals surface area contributed by atoms with E-state index in [9.17, 15) is 0 Å². The molecule has 3 atom stereocenters. The number of fused-ring (bicyclic) bond motifs is 2. The molecule has 2 aliphatic carbocycles. The second-order valence-electron chi connectivity index (χ2n) is 7.92. The average Bonchev–Trinajstić information content (AvgIpc) is 3.39. The van der Waals surface area contributed by atoms with E-state index in [1.54, 1.807) is 4.68 Å². The van der Waals surface area contributed by atoms with Crippen molar-refractivity contribution < 1.29 is 0 Å². The van der Waals surface area contributed by atoms with Crippen LogP contribution < -0.4 is 4.90 Å². The van der Waals surface area contributed by atoms with Gasteiger partial charge in [-0.2, -0.15) is 5.10 Å². The van der Waals surface area contributed by atoms with Crippen molar-refractivity contribution in [1.29, 1.82) is 0 Å². The minimum absolute atomic E-state index is 0.775. The molecule has 2 aromatic rings. The lowest BCUT2D eigenvalue weighted by atomic mass is 9.93. The van der Waals surface area contributed by atoms with Crippen molar-refractivity contribution in [2.75, 3.05) is 31.1 Å². The van der Waals surface area contributed by atoms with Gasteiger partial charge >= 0.3 is 0 Å². The first kappa shape index (κ1) is 15.3. The molecule has 1 saturated heterocycles. The van der Waals surface area contributed by atoms with Crippen LogP contribution in [0.4, 0.5) is 5.82 Å². The Morgan fingerprint density at radius 2 is 1.72 bits per heavy atom. The van der Waals surface area contributed by atoms with Crippen LogP contribution >= 0.6 is 0 Å². The van der Waals surface area contributed by atoms with E-state index < -0.39 is 0 Å². The Labute approximate surface area is 148 Å². The van der Waals surface area contributed by atoms with Crippen molar-refractivity contribution in [3.8, 4) is 5.82 Å². The fraction of sp³-hybridized carbons (Fsp3) is 0.632. The largest absolute Gasteiger partial charge is 0.353 e. The molecule has 2 saturated carbocycles. The van der Waals surface area contributed by atoms with Crippen molar-refractivity contribution in [2.45, 2.75) is 38.6 Å². The van der Waals surface area contributed by atoms with Gasteiger partial charge in [0.2, 0.25) is 0 Å². The molecule has 0 radical (unpaired) electrons. The second kappa shape index (κ2) is 6.09. The molecule has 6 nitrogen and oxygen atoms in total. The third-order valence-electron chi connectivity index (χ3n) is 6.40. The van der Waals surface area contributed by atoms with Gasteiger partial charge in [-0.15, -0.1) is 10.2 Å². The zero-order valence-corrected chi connectivity index (χ0v) is 14.9. The molecule has 1 aliphatic heterocycles. The molecule has 6 heteroatoms. The maximum atomic E-state index is 4.45. The summed E-state index contributed by atoms with van der Waals surface area (Å²) in [6, 6.07) is 6.92. The Balaban J connectivity index is 1.22. The van der Waals surface area contributed by atoms with Crippen LogP contribution in [0.15, 0.2) is 24.4 Å². The van der Waals surface area contributed by atoms with Gasteiger partial charge < -0.3 is 4.90 Å². The first-order valence-corrected chi connectivity index (χ1v) is 9.61. The highest BCUT2D eigenvalue weighted by Gasteiger charge is 2.42. The molecule has 0 amide bonds. The number of anilines is 1. The summed E-state index contributed by atoms with van der Waals surface area (Å²) in [6.07, 6.45) is 7.81. The predicted molar refractivity (Wildman–Crippen MR) is 96.9 cm³/mol. The van der Waals surface area contributed by atoms with E-state index in [-0.39, 0.29) is 0 Å². The molecule has 132 valence electrons. The van der Waals surface area contributed by atoms with Crippen LogP contribution in [0, 0.1) is 18.8 Å². The SMILES string of the molecule is Cc1ccn(-c2ccc(N3CCN(C4CC5CCC4C5)CC3)nn2)n1. The lowest BCUT2D eigenvalue weighted by Crippen LogP contribution is -2.52. The standard InChI is InChI=1S/C19H26N6/c1-14-6-7-25(22-14)19-5-4-18(20-21-19)24-10-8-23(9-11-24)17-13-15-2-3-16(17)12-15/h4-7,15-17H,2-3,8-13H2,1H3. The number of hydrogen-bond acceptors (Lipinski definition) is 5. The highest BCUT2D eigenvalue weighted by molar-refractivity contribution is 5.40. The molecule has 3 aliphatic rings. The summed E-state index contributed by atoms with van der Waals surface area (Å²) in [7, 11) is 0. The van der Waals surface area contributed by atoms with Crippen molar-refractivity contribution >= 4 is 5.82 Å². The highest BCUT2D eigenvalue weighted by atomic mass is 15.4. The van der Waals surface area contributed by atoms with Crippen LogP contribution in [0.25, 0.3) is 5.82 Å². The Kier molecular flexibility index (Phi) is 3.73. The summed E-state index contributed by atoms with van der Waals surface area (Å²) in [5.74, 6) is 3.77. The number of aromatic nitrogens is 4. The van der Waals surface area contributed by atoms with Crippen LogP contribution in [0.1, 0.15) is 31.4 Å². The van der Waals surface area contributed by atoms with E-state index in [4.69, 9.17) is 0 Å². The van der Waals surface area contributed by atoms with Gasteiger partial charge in [0.05, 0.1) is 5.69 Å². The summed E-state index contributed by atoms with van der Waals surface area (Å²) in [4.78, 5) is 5.11. The van der Waals surface area contributed by atoms with E-state index in [1.165, 1.54) is 25.7 Å². The van der Waals surface area contributed by atoms with Crippen LogP contribution in [0.5, 0.6) is 0 Å². The van der Waals surface area contributed by atoms with Crippen molar-refractivity contribution in [1.82, 2.24) is 24.9 Å². The smallest absolute Gasteiger partial charge is 0.175 e. The summed E-state index contributed by atoms with van der Waals surface area (Å²) in [5, 5.41) is 13.2. The number of rotatable bonds is 3. The fourth-order valence-electron chi connectivity index (χ4n) is 5.09. The topological polar surface area (TPSA) is 50.1 Å². The fourth-order valence-corrected chi connectivity index (χ4v) is 5.09. The molecule has 3 heterocycles. The maximum Gasteiger partial charge on any atom is 0.175 e. The highest BCUT2D eigenvalue weighted by Crippen LogP contribution is 2.46. The number of nitrogens with zero attached hydrogens (tertiary/aromatic N) is 6. The van der Waals surface area contributed by atoms with Gasteiger partial charge in [-0.3, -0.25) is 4.90 Å². The molecule has 0 N–H and O–H groups in total. The zero-order valence-electron chi connectivity index (χ0n) is 14.9. The van der Waals surface area contributed by atoms with Gasteiger partial charge in [-0.25, -0.2) is 4.68 Å². The minimum atomic E-state index is 0.775. The van der Waals surface area contributed by atoms with Crippen molar-refractivity contribution in [2.24, 2.45) is 11.8 Å². The van der Waals surface area contributed by atoms with Gasteiger partial charge in [0.25, 0.3) is 0 Å². The second-order valence-corrected chi connectivity index (χ2v) is 7.92. The molecule has 2 aromatic heterocycles. The number of hydrogen-bond donors (Lipinski definition) is 0. The first-order chi connectivity index (χ1) is 12.3. The Bertz CT molecular complexity index is 731. The van der Waals surface area contributed by atoms with Crippen LogP contribution in [0.3, 0.4) is 0 Å². The van der Waals surface area contributed by atoms with E-state index in [1.807, 2.05) is 25.3 Å². The molecular formula is C19H26N6. The molecule has 3 unspecified atom stereocenters. The van der Waals surface area contributed by atoms with E-state index in [0.717, 1.165) is 61.4 Å². The number of aryl methyl sites for hydroxylation is 1. The molecule has 3 fully saturated rings. The van der Waals surface area contributed by atoms with Gasteiger partial charge in [0, 0.05) is 38.4 Å². The maximum absolute atomic E-state index is 4.45. The van der Waals surface area contributed by atoms with Crippen molar-refractivity contribution in [3.05, 3.63) is 30.1 Å². The Morgan fingerprint density at radius 1 is 0.920 bits per heavy atom. The molecule has 2 bridgehead atoms. The summed E-state index contributed by atoms with van der Waals surface area (Å²) >= 11 is 0. The monoisotopic (exact) mass is 338 g/mol. The van der Waals surface area contributed by atoms with Crippen LogP contribution in [-0.4, -0.2) is 57.1 Å². The third-order valence-corrected chi connectivity index (χ3v) is 6.40. The van der Waals surface area contributed by atoms with Gasteiger partial charge in [0.15, 0.2) is 11.6 Å². The average molecular weight is 338 g/mol. The summed E-state index contributed by atoms with van der Waals surface area (Å²) in [5.41, 5.74) is 0.989. The van der Waals surface area contributed by atoms with Crippen LogP contribution in [-0.2, 0) is 0 Å². The molecule has 0 aromatic carbocycles. The van der Waals surface area contributed by atoms with Gasteiger partial charge in [-0.05, 0) is 56.2 Å². The Hall–Kier alpha value is -1.95. The van der Waals surface area contributed by atoms with Gasteiger partial charge in [0.1, 0.15) is 0 Å². The lowest BCUT2D eigenvalue weighted by Gasteiger charge is -2.41. The molecule has 0 spiro atoms. The third kappa shape index (κ3) is 2.82. The van der Waals surface area contributed by atoms with E-state index in [2.05, 4.69) is 31.2 Å². The summed E-state index contributed by atoms with van der Waals surface area (Å²) in [6.45, 7) is 6.42. The Morgan fingerprint density at radius 3 is 2.32 bits per heavy atom. The van der Waals surface area contributed by atoms with Gasteiger partial charge in [-0.1, -0.05) is 6.42 Å². The van der Waals surface area contributed by atoms with E-state index in [0.29, 0.717) is 0 Å². The number of piperazine rings is 1. The van der Waals surface area contributed by atoms with Crippen LogP contribution in [0.2, 0.25) is 0 Å². The van der Waals surface area contributed by atoms with E-state index >= 15 is 0 Å². The quantitative estimate of drug-likeness (QED) is 0.859. The van der Waals surface area contributed by atoms with Crippen molar-refractivity contribution in [3.63, 3.8) is 0 Å². The molecular weight excluding hydrogens is 312 g/mol. The molecule has 25 heavy (non-hydrogen) atoms. The summed E-state index contributed by atoms with van der Waals surface area (Å²) < 4.78 is 1.78. The predicted octanol–water partition coefficient (Wildman–Crippen LogP) is 2.28. The zero-order chi connectivity index (χ0) is 16.8. The molecule has 5 rings (SSSR count). The normalized spacial score (nSPS) is 29.5. The first-order valence-electron chi connectivity index (χ1n) is 9.61.